The quantitative estimate of drug-likeness (QED) is 0.894. The molecule has 0 spiro atoms. The molecule has 3 rings (SSSR count). The molecule has 2 aromatic rings. The summed E-state index contributed by atoms with van der Waals surface area (Å²) in [6.07, 6.45) is 0.677. The molecule has 0 saturated heterocycles. The van der Waals surface area contributed by atoms with Crippen LogP contribution in [0.25, 0.3) is 0 Å². The maximum Gasteiger partial charge on any atom is 0.326 e. The summed E-state index contributed by atoms with van der Waals surface area (Å²) in [6.45, 7) is 3.83. The zero-order valence-corrected chi connectivity index (χ0v) is 16.2. The number of rotatable bonds is 4. The molecule has 1 amide bonds. The number of aryl methyl sites for hydroxylation is 1. The van der Waals surface area contributed by atoms with Gasteiger partial charge in [-0.3, -0.25) is 13.4 Å². The van der Waals surface area contributed by atoms with Crippen LogP contribution in [0, 0.1) is 6.92 Å². The highest BCUT2D eigenvalue weighted by Gasteiger charge is 2.36. The number of carbonyl (C=O) groups is 1. The molecule has 0 aliphatic carbocycles. The fourth-order valence-corrected chi connectivity index (χ4v) is 4.39. The highest BCUT2D eigenvalue weighted by atomic mass is 32.2. The van der Waals surface area contributed by atoms with Crippen molar-refractivity contribution in [1.82, 2.24) is 0 Å². The van der Waals surface area contributed by atoms with Crippen molar-refractivity contribution in [3.63, 3.8) is 0 Å². The van der Waals surface area contributed by atoms with Crippen LogP contribution in [-0.4, -0.2) is 28.4 Å². The molecule has 1 N–H and O–H groups in total. The van der Waals surface area contributed by atoms with Crippen molar-refractivity contribution in [1.29, 1.82) is 0 Å². The normalized spacial score (nSPS) is 16.3. The summed E-state index contributed by atoms with van der Waals surface area (Å²) in [5, 5.41) is 2.97. The van der Waals surface area contributed by atoms with Crippen molar-refractivity contribution in [2.75, 3.05) is 28.0 Å². The van der Waals surface area contributed by atoms with Gasteiger partial charge in [0.1, 0.15) is 0 Å². The molecule has 0 aromatic heterocycles. The van der Waals surface area contributed by atoms with Crippen LogP contribution in [0.4, 0.5) is 17.1 Å². The zero-order valence-electron chi connectivity index (χ0n) is 15.4. The number of nitrogens with zero attached hydrogens (tertiary/aromatic N) is 2. The average molecular weight is 373 g/mol. The SMILES string of the molecule is CC[C@@H](C(=O)Nc1cc2c(cc1C)N(C)S(=O)(=O)N2C)c1ccccc1. The topological polar surface area (TPSA) is 69.7 Å². The van der Waals surface area contributed by atoms with Gasteiger partial charge in [0.25, 0.3) is 0 Å². The van der Waals surface area contributed by atoms with Crippen LogP contribution in [0.5, 0.6) is 0 Å². The Bertz CT molecular complexity index is 942. The molecule has 138 valence electrons. The van der Waals surface area contributed by atoms with Gasteiger partial charge in [0.15, 0.2) is 0 Å². The minimum Gasteiger partial charge on any atom is -0.325 e. The maximum atomic E-state index is 12.8. The lowest BCUT2D eigenvalue weighted by atomic mass is 9.95. The van der Waals surface area contributed by atoms with Gasteiger partial charge in [-0.15, -0.1) is 0 Å². The zero-order chi connectivity index (χ0) is 19.1. The van der Waals surface area contributed by atoms with Gasteiger partial charge >= 0.3 is 10.2 Å². The standard InChI is InChI=1S/C19H23N3O3S/c1-5-15(14-9-7-6-8-10-14)19(23)20-16-12-18-17(11-13(16)2)21(3)26(24,25)22(18)4/h6-12,15H,5H2,1-4H3,(H,20,23)/t15-/m1/s1. The lowest BCUT2D eigenvalue weighted by molar-refractivity contribution is -0.117. The molecular formula is C19H23N3O3S. The minimum absolute atomic E-state index is 0.0985. The fourth-order valence-electron chi connectivity index (χ4n) is 3.23. The van der Waals surface area contributed by atoms with Gasteiger partial charge in [-0.25, -0.2) is 0 Å². The van der Waals surface area contributed by atoms with E-state index in [9.17, 15) is 13.2 Å². The van der Waals surface area contributed by atoms with Crippen molar-refractivity contribution in [2.45, 2.75) is 26.2 Å². The smallest absolute Gasteiger partial charge is 0.325 e. The van der Waals surface area contributed by atoms with E-state index in [0.29, 0.717) is 23.5 Å². The van der Waals surface area contributed by atoms with Crippen LogP contribution in [0.15, 0.2) is 42.5 Å². The van der Waals surface area contributed by atoms with Crippen LogP contribution < -0.4 is 13.9 Å². The van der Waals surface area contributed by atoms with Crippen LogP contribution in [0.1, 0.15) is 30.4 Å². The number of hydrogen-bond donors (Lipinski definition) is 1. The molecule has 0 unspecified atom stereocenters. The first-order valence-electron chi connectivity index (χ1n) is 8.50. The van der Waals surface area contributed by atoms with E-state index in [0.717, 1.165) is 11.1 Å². The molecule has 0 bridgehead atoms. The Morgan fingerprint density at radius 2 is 1.65 bits per heavy atom. The van der Waals surface area contributed by atoms with E-state index >= 15 is 0 Å². The first-order valence-corrected chi connectivity index (χ1v) is 9.90. The number of hydrogen-bond acceptors (Lipinski definition) is 3. The first-order chi connectivity index (χ1) is 12.3. The third kappa shape index (κ3) is 2.92. The summed E-state index contributed by atoms with van der Waals surface area (Å²) < 4.78 is 27.1. The Kier molecular flexibility index (Phi) is 4.66. The lowest BCUT2D eigenvalue weighted by Gasteiger charge is -2.18. The third-order valence-corrected chi connectivity index (χ3v) is 6.65. The predicted octanol–water partition coefficient (Wildman–Crippen LogP) is 3.26. The molecule has 7 heteroatoms. The molecule has 26 heavy (non-hydrogen) atoms. The average Bonchev–Trinajstić information content (AvgIpc) is 2.78. The molecule has 0 radical (unpaired) electrons. The molecule has 1 aliphatic rings. The number of benzene rings is 2. The van der Waals surface area contributed by atoms with Gasteiger partial charge in [0.2, 0.25) is 5.91 Å². The Morgan fingerprint density at radius 3 is 2.23 bits per heavy atom. The van der Waals surface area contributed by atoms with E-state index in [-0.39, 0.29) is 11.8 Å². The fraction of sp³-hybridized carbons (Fsp3) is 0.316. The van der Waals surface area contributed by atoms with E-state index in [4.69, 9.17) is 0 Å². The van der Waals surface area contributed by atoms with Crippen molar-refractivity contribution in [2.24, 2.45) is 0 Å². The first kappa shape index (κ1) is 18.3. The summed E-state index contributed by atoms with van der Waals surface area (Å²) in [4.78, 5) is 12.8. The lowest BCUT2D eigenvalue weighted by Crippen LogP contribution is -2.32. The summed E-state index contributed by atoms with van der Waals surface area (Å²) in [5.41, 5.74) is 3.57. The number of carbonyl (C=O) groups excluding carboxylic acids is 1. The van der Waals surface area contributed by atoms with Crippen LogP contribution in [-0.2, 0) is 15.0 Å². The third-order valence-electron chi connectivity index (χ3n) is 4.88. The van der Waals surface area contributed by atoms with Gasteiger partial charge < -0.3 is 5.32 Å². The van der Waals surface area contributed by atoms with Crippen LogP contribution >= 0.6 is 0 Å². The second-order valence-electron chi connectivity index (χ2n) is 6.46. The minimum atomic E-state index is -3.53. The Balaban J connectivity index is 1.92. The molecule has 6 nitrogen and oxygen atoms in total. The van der Waals surface area contributed by atoms with Crippen LogP contribution in [0.3, 0.4) is 0 Å². The Hall–Kier alpha value is -2.54. The number of anilines is 3. The van der Waals surface area contributed by atoms with Crippen molar-refractivity contribution in [3.8, 4) is 0 Å². The molecule has 1 atom stereocenters. The molecular weight excluding hydrogens is 350 g/mol. The highest BCUT2D eigenvalue weighted by Crippen LogP contribution is 2.42. The molecule has 0 fully saturated rings. The summed E-state index contributed by atoms with van der Waals surface area (Å²) in [5.74, 6) is -0.355. The number of amides is 1. The second kappa shape index (κ2) is 6.64. The van der Waals surface area contributed by atoms with Gasteiger partial charge in [0, 0.05) is 19.8 Å². The number of fused-ring (bicyclic) bond motifs is 1. The predicted molar refractivity (Wildman–Crippen MR) is 105 cm³/mol. The van der Waals surface area contributed by atoms with Gasteiger partial charge in [0.05, 0.1) is 17.3 Å². The Labute approximate surface area is 154 Å². The molecule has 0 saturated carbocycles. The van der Waals surface area contributed by atoms with E-state index in [2.05, 4.69) is 5.32 Å². The molecule has 1 heterocycles. The van der Waals surface area contributed by atoms with Gasteiger partial charge in [-0.1, -0.05) is 37.3 Å². The molecule has 1 aliphatic heterocycles. The van der Waals surface area contributed by atoms with Gasteiger partial charge in [-0.05, 0) is 36.6 Å². The summed E-state index contributed by atoms with van der Waals surface area (Å²) >= 11 is 0. The van der Waals surface area contributed by atoms with Crippen molar-refractivity contribution >= 4 is 33.2 Å². The van der Waals surface area contributed by atoms with E-state index < -0.39 is 10.2 Å². The summed E-state index contributed by atoms with van der Waals surface area (Å²) in [7, 11) is -0.498. The number of nitrogens with one attached hydrogen (secondary N) is 1. The highest BCUT2D eigenvalue weighted by molar-refractivity contribution is 7.94. The van der Waals surface area contributed by atoms with Crippen molar-refractivity contribution in [3.05, 3.63) is 53.6 Å². The van der Waals surface area contributed by atoms with E-state index in [1.54, 1.807) is 12.1 Å². The van der Waals surface area contributed by atoms with Gasteiger partial charge in [-0.2, -0.15) is 8.42 Å². The largest absolute Gasteiger partial charge is 0.326 e. The maximum absolute atomic E-state index is 12.8. The molecule has 2 aromatic carbocycles. The monoisotopic (exact) mass is 373 g/mol. The summed E-state index contributed by atoms with van der Waals surface area (Å²) in [6, 6.07) is 13.2. The van der Waals surface area contributed by atoms with E-state index in [1.165, 1.54) is 22.7 Å². The van der Waals surface area contributed by atoms with Crippen molar-refractivity contribution < 1.29 is 13.2 Å². The van der Waals surface area contributed by atoms with E-state index in [1.807, 2.05) is 44.2 Å². The second-order valence-corrected chi connectivity index (χ2v) is 8.45. The van der Waals surface area contributed by atoms with Crippen LogP contribution in [0.2, 0.25) is 0 Å². The Morgan fingerprint density at radius 1 is 1.08 bits per heavy atom.